The van der Waals surface area contributed by atoms with E-state index in [1.54, 1.807) is 0 Å². The van der Waals surface area contributed by atoms with E-state index in [1.165, 1.54) is 26.4 Å². The molecule has 5 heteroatoms. The second kappa shape index (κ2) is 3.84. The zero-order valence-corrected chi connectivity index (χ0v) is 7.20. The zero-order valence-electron chi connectivity index (χ0n) is 7.20. The van der Waals surface area contributed by atoms with Crippen molar-refractivity contribution in [2.45, 2.75) is 0 Å². The van der Waals surface area contributed by atoms with Crippen LogP contribution in [0.2, 0.25) is 0 Å². The zero-order chi connectivity index (χ0) is 9.84. The van der Waals surface area contributed by atoms with Crippen molar-refractivity contribution in [3.8, 4) is 5.75 Å². The molecule has 4 nitrogen and oxygen atoms in total. The molecule has 0 saturated carbocycles. The largest absolute Gasteiger partial charge is 0.492 e. The topological polar surface area (TPSA) is 48.4 Å². The summed E-state index contributed by atoms with van der Waals surface area (Å²) in [6.45, 7) is 0. The maximum absolute atomic E-state index is 12.9. The van der Waals surface area contributed by atoms with Gasteiger partial charge in [0.05, 0.1) is 14.2 Å². The molecule has 0 amide bonds. The van der Waals surface area contributed by atoms with E-state index in [0.29, 0.717) is 0 Å². The Morgan fingerprint density at radius 2 is 2.15 bits per heavy atom. The van der Waals surface area contributed by atoms with E-state index in [9.17, 15) is 9.18 Å². The Bertz CT molecular complexity index is 327. The third-order valence-corrected chi connectivity index (χ3v) is 1.43. The van der Waals surface area contributed by atoms with Crippen LogP contribution < -0.4 is 4.74 Å². The number of carbonyl (C=O) groups is 1. The van der Waals surface area contributed by atoms with Crippen LogP contribution in [0.25, 0.3) is 0 Å². The molecular formula is C8H8FNO3. The molecule has 0 aliphatic rings. The van der Waals surface area contributed by atoms with Crippen molar-refractivity contribution < 1.29 is 18.7 Å². The molecule has 70 valence electrons. The van der Waals surface area contributed by atoms with Crippen LogP contribution in [0, 0.1) is 5.95 Å². The molecule has 0 aliphatic carbocycles. The number of nitrogens with zero attached hydrogens (tertiary/aromatic N) is 1. The molecular weight excluding hydrogens is 177 g/mol. The lowest BCUT2D eigenvalue weighted by molar-refractivity contribution is 0.0592. The van der Waals surface area contributed by atoms with Crippen LogP contribution in [0.1, 0.15) is 10.5 Å². The highest BCUT2D eigenvalue weighted by Crippen LogP contribution is 2.14. The van der Waals surface area contributed by atoms with Gasteiger partial charge in [-0.15, -0.1) is 0 Å². The number of rotatable bonds is 2. The highest BCUT2D eigenvalue weighted by molar-refractivity contribution is 5.87. The number of methoxy groups -OCH3 is 2. The number of carbonyl (C=O) groups excluding carboxylic acids is 1. The smallest absolute Gasteiger partial charge is 0.356 e. The Morgan fingerprint density at radius 1 is 1.46 bits per heavy atom. The Hall–Kier alpha value is -1.65. The van der Waals surface area contributed by atoms with E-state index in [1.807, 2.05) is 0 Å². The first-order valence-corrected chi connectivity index (χ1v) is 3.48. The number of pyridine rings is 1. The van der Waals surface area contributed by atoms with Crippen LogP contribution in [-0.2, 0) is 4.74 Å². The van der Waals surface area contributed by atoms with Crippen molar-refractivity contribution in [1.29, 1.82) is 0 Å². The fourth-order valence-electron chi connectivity index (χ4n) is 0.792. The summed E-state index contributed by atoms with van der Waals surface area (Å²) in [7, 11) is 2.52. The van der Waals surface area contributed by atoms with Crippen LogP contribution in [0.5, 0.6) is 5.75 Å². The van der Waals surface area contributed by atoms with Crippen molar-refractivity contribution in [2.24, 2.45) is 0 Å². The standard InChI is InChI=1S/C8H8FNO3/c1-12-6-4-3-5(8(11)13-2)10-7(6)9/h3-4H,1-2H3. The van der Waals surface area contributed by atoms with Gasteiger partial charge in [-0.3, -0.25) is 0 Å². The van der Waals surface area contributed by atoms with Gasteiger partial charge in [0.15, 0.2) is 11.4 Å². The van der Waals surface area contributed by atoms with Gasteiger partial charge in [-0.05, 0) is 12.1 Å². The summed E-state index contributed by atoms with van der Waals surface area (Å²) in [5, 5.41) is 0. The molecule has 0 unspecified atom stereocenters. The number of ether oxygens (including phenoxy) is 2. The molecule has 1 rings (SSSR count). The van der Waals surface area contributed by atoms with Crippen molar-refractivity contribution in [3.63, 3.8) is 0 Å². The minimum atomic E-state index is -0.828. The predicted octanol–water partition coefficient (Wildman–Crippen LogP) is 1.02. The van der Waals surface area contributed by atoms with Crippen LogP contribution >= 0.6 is 0 Å². The van der Waals surface area contributed by atoms with Crippen LogP contribution in [0.15, 0.2) is 12.1 Å². The summed E-state index contributed by atoms with van der Waals surface area (Å²) < 4.78 is 21.9. The van der Waals surface area contributed by atoms with Crippen molar-refractivity contribution in [3.05, 3.63) is 23.8 Å². The lowest BCUT2D eigenvalue weighted by Gasteiger charge is -2.01. The minimum absolute atomic E-state index is 0.00680. The second-order valence-electron chi connectivity index (χ2n) is 2.18. The van der Waals surface area contributed by atoms with Crippen molar-refractivity contribution in [1.82, 2.24) is 4.98 Å². The molecule has 0 atom stereocenters. The van der Waals surface area contributed by atoms with Crippen molar-refractivity contribution >= 4 is 5.97 Å². The summed E-state index contributed by atoms with van der Waals surface area (Å²) in [6, 6.07) is 2.64. The normalized spacial score (nSPS) is 9.46. The number of hydrogen-bond donors (Lipinski definition) is 0. The van der Waals surface area contributed by atoms with Gasteiger partial charge in [0.25, 0.3) is 5.95 Å². The summed E-state index contributed by atoms with van der Waals surface area (Å²) in [4.78, 5) is 14.2. The Kier molecular flexibility index (Phi) is 2.79. The van der Waals surface area contributed by atoms with Gasteiger partial charge in [0, 0.05) is 0 Å². The van der Waals surface area contributed by atoms with E-state index in [2.05, 4.69) is 14.5 Å². The first-order chi connectivity index (χ1) is 6.19. The van der Waals surface area contributed by atoms with E-state index in [0.717, 1.165) is 0 Å². The minimum Gasteiger partial charge on any atom is -0.492 e. The monoisotopic (exact) mass is 185 g/mol. The molecule has 0 spiro atoms. The Morgan fingerprint density at radius 3 is 2.62 bits per heavy atom. The van der Waals surface area contributed by atoms with Gasteiger partial charge in [-0.2, -0.15) is 4.39 Å². The summed E-state index contributed by atoms with van der Waals surface area (Å²) in [5.41, 5.74) is -0.0826. The number of esters is 1. The maximum Gasteiger partial charge on any atom is 0.356 e. The number of hydrogen-bond acceptors (Lipinski definition) is 4. The number of halogens is 1. The third kappa shape index (κ3) is 1.93. The molecule has 0 N–H and O–H groups in total. The summed E-state index contributed by atoms with van der Waals surface area (Å²) >= 11 is 0. The lowest BCUT2D eigenvalue weighted by atomic mass is 10.3. The third-order valence-electron chi connectivity index (χ3n) is 1.43. The van der Waals surface area contributed by atoms with Crippen molar-refractivity contribution in [2.75, 3.05) is 14.2 Å². The quantitative estimate of drug-likeness (QED) is 0.509. The SMILES string of the molecule is COC(=O)c1ccc(OC)c(F)n1. The van der Waals surface area contributed by atoms with Gasteiger partial charge in [0.2, 0.25) is 0 Å². The molecule has 0 aromatic carbocycles. The second-order valence-corrected chi connectivity index (χ2v) is 2.18. The summed E-state index contributed by atoms with van der Waals surface area (Å²) in [6.07, 6.45) is 0. The Balaban J connectivity index is 3.02. The number of aromatic nitrogens is 1. The molecule has 1 heterocycles. The molecule has 0 aliphatic heterocycles. The van der Waals surface area contributed by atoms with Gasteiger partial charge >= 0.3 is 5.97 Å². The molecule has 0 radical (unpaired) electrons. The average molecular weight is 185 g/mol. The molecule has 1 aromatic rings. The predicted molar refractivity (Wildman–Crippen MR) is 42.1 cm³/mol. The maximum atomic E-state index is 12.9. The van der Waals surface area contributed by atoms with E-state index >= 15 is 0 Å². The highest BCUT2D eigenvalue weighted by Gasteiger charge is 2.11. The first kappa shape index (κ1) is 9.44. The fraction of sp³-hybridized carbons (Fsp3) is 0.250. The van der Waals surface area contributed by atoms with E-state index in [-0.39, 0.29) is 11.4 Å². The van der Waals surface area contributed by atoms with Gasteiger partial charge in [-0.25, -0.2) is 9.78 Å². The summed E-state index contributed by atoms with van der Waals surface area (Å²) in [5.74, 6) is -1.51. The molecule has 0 saturated heterocycles. The molecule has 0 bridgehead atoms. The highest BCUT2D eigenvalue weighted by atomic mass is 19.1. The average Bonchev–Trinajstić information content (AvgIpc) is 2.16. The van der Waals surface area contributed by atoms with E-state index < -0.39 is 11.9 Å². The van der Waals surface area contributed by atoms with Gasteiger partial charge in [0.1, 0.15) is 0 Å². The molecule has 0 fully saturated rings. The Labute approximate surface area is 74.3 Å². The van der Waals surface area contributed by atoms with Crippen LogP contribution in [0.3, 0.4) is 0 Å². The fourth-order valence-corrected chi connectivity index (χ4v) is 0.792. The van der Waals surface area contributed by atoms with Crippen LogP contribution in [0.4, 0.5) is 4.39 Å². The molecule has 13 heavy (non-hydrogen) atoms. The van der Waals surface area contributed by atoms with Gasteiger partial charge in [-0.1, -0.05) is 0 Å². The van der Waals surface area contributed by atoms with Crippen LogP contribution in [-0.4, -0.2) is 25.2 Å². The first-order valence-electron chi connectivity index (χ1n) is 3.48. The lowest BCUT2D eigenvalue weighted by Crippen LogP contribution is -2.05. The van der Waals surface area contributed by atoms with Gasteiger partial charge < -0.3 is 9.47 Å². The molecule has 1 aromatic heterocycles. The van der Waals surface area contributed by atoms with E-state index in [4.69, 9.17) is 0 Å².